The third-order valence-electron chi connectivity index (χ3n) is 2.49. The average molecular weight is 284 g/mol. The standard InChI is InChI=1S/C10H15F7O/c1-3-4-5-7(2,18)6-8(11,12)9(13,14)10(15,16)17/h18H,3-6H2,1-2H3. The Morgan fingerprint density at radius 2 is 1.39 bits per heavy atom. The van der Waals surface area contributed by atoms with Crippen molar-refractivity contribution in [2.24, 2.45) is 0 Å². The van der Waals surface area contributed by atoms with Crippen LogP contribution in [0.1, 0.15) is 39.5 Å². The van der Waals surface area contributed by atoms with Crippen LogP contribution >= 0.6 is 0 Å². The van der Waals surface area contributed by atoms with E-state index < -0.39 is 30.0 Å². The van der Waals surface area contributed by atoms with Crippen LogP contribution in [0.3, 0.4) is 0 Å². The van der Waals surface area contributed by atoms with Gasteiger partial charge < -0.3 is 5.11 Å². The van der Waals surface area contributed by atoms with Crippen LogP contribution in [0.2, 0.25) is 0 Å². The molecule has 0 aromatic rings. The highest BCUT2D eigenvalue weighted by atomic mass is 19.4. The van der Waals surface area contributed by atoms with Crippen LogP contribution in [-0.4, -0.2) is 28.7 Å². The maximum atomic E-state index is 13.0. The Bertz CT molecular complexity index is 270. The lowest BCUT2D eigenvalue weighted by atomic mass is 9.89. The Labute approximate surface area is 100.0 Å². The van der Waals surface area contributed by atoms with E-state index in [4.69, 9.17) is 0 Å². The lowest BCUT2D eigenvalue weighted by Gasteiger charge is -2.33. The summed E-state index contributed by atoms with van der Waals surface area (Å²) in [4.78, 5) is 0. The second-order valence-corrected chi connectivity index (χ2v) is 4.55. The van der Waals surface area contributed by atoms with Gasteiger partial charge >= 0.3 is 18.0 Å². The van der Waals surface area contributed by atoms with Gasteiger partial charge in [-0.25, -0.2) is 0 Å². The summed E-state index contributed by atoms with van der Waals surface area (Å²) in [7, 11) is 0. The van der Waals surface area contributed by atoms with Crippen LogP contribution in [0.15, 0.2) is 0 Å². The zero-order valence-corrected chi connectivity index (χ0v) is 9.92. The van der Waals surface area contributed by atoms with Crippen molar-refractivity contribution in [3.8, 4) is 0 Å². The van der Waals surface area contributed by atoms with E-state index in [1.54, 1.807) is 6.92 Å². The van der Waals surface area contributed by atoms with Crippen molar-refractivity contribution in [3.63, 3.8) is 0 Å². The van der Waals surface area contributed by atoms with Gasteiger partial charge in [0.2, 0.25) is 0 Å². The van der Waals surface area contributed by atoms with Crippen molar-refractivity contribution in [2.45, 2.75) is 63.2 Å². The molecule has 1 atom stereocenters. The van der Waals surface area contributed by atoms with E-state index in [1.165, 1.54) is 0 Å². The van der Waals surface area contributed by atoms with Gasteiger partial charge in [-0.2, -0.15) is 30.7 Å². The van der Waals surface area contributed by atoms with Gasteiger partial charge in [-0.1, -0.05) is 19.8 Å². The van der Waals surface area contributed by atoms with Gasteiger partial charge in [-0.15, -0.1) is 0 Å². The Morgan fingerprint density at radius 1 is 0.944 bits per heavy atom. The molecule has 0 aliphatic carbocycles. The molecule has 0 radical (unpaired) electrons. The predicted molar refractivity (Wildman–Crippen MR) is 50.7 cm³/mol. The average Bonchev–Trinajstić information content (AvgIpc) is 2.11. The first-order valence-electron chi connectivity index (χ1n) is 5.31. The van der Waals surface area contributed by atoms with E-state index in [9.17, 15) is 35.8 Å². The van der Waals surface area contributed by atoms with Crippen molar-refractivity contribution in [2.75, 3.05) is 0 Å². The Kier molecular flexibility index (Phi) is 5.07. The summed E-state index contributed by atoms with van der Waals surface area (Å²) >= 11 is 0. The van der Waals surface area contributed by atoms with E-state index in [1.807, 2.05) is 0 Å². The number of hydrogen-bond acceptors (Lipinski definition) is 1. The van der Waals surface area contributed by atoms with Crippen LogP contribution < -0.4 is 0 Å². The van der Waals surface area contributed by atoms with Crippen molar-refractivity contribution < 1.29 is 35.8 Å². The fourth-order valence-corrected chi connectivity index (χ4v) is 1.44. The summed E-state index contributed by atoms with van der Waals surface area (Å²) in [5.74, 6) is -11.5. The minimum absolute atomic E-state index is 0.251. The predicted octanol–water partition coefficient (Wildman–Crippen LogP) is 4.15. The SMILES string of the molecule is CCCCC(C)(O)CC(F)(F)C(F)(F)C(F)(F)F. The number of unbranched alkanes of at least 4 members (excludes halogenated alkanes) is 1. The molecule has 0 aromatic heterocycles. The molecule has 0 spiro atoms. The summed E-state index contributed by atoms with van der Waals surface area (Å²) in [5.41, 5.74) is -2.27. The van der Waals surface area contributed by atoms with E-state index in [2.05, 4.69) is 0 Å². The molecule has 0 bridgehead atoms. The molecule has 0 heterocycles. The van der Waals surface area contributed by atoms with Crippen LogP contribution in [0.25, 0.3) is 0 Å². The van der Waals surface area contributed by atoms with Crippen LogP contribution in [-0.2, 0) is 0 Å². The number of aliphatic hydroxyl groups is 1. The van der Waals surface area contributed by atoms with Crippen LogP contribution in [0, 0.1) is 0 Å². The molecule has 0 rings (SSSR count). The summed E-state index contributed by atoms with van der Waals surface area (Å²) in [6.45, 7) is 2.49. The summed E-state index contributed by atoms with van der Waals surface area (Å²) in [6, 6.07) is 0. The van der Waals surface area contributed by atoms with E-state index in [0.717, 1.165) is 6.92 Å². The van der Waals surface area contributed by atoms with Gasteiger partial charge in [0.1, 0.15) is 0 Å². The number of halogens is 7. The molecule has 0 saturated carbocycles. The molecule has 0 fully saturated rings. The number of hydrogen-bond donors (Lipinski definition) is 1. The summed E-state index contributed by atoms with van der Waals surface area (Å²) < 4.78 is 86.7. The fraction of sp³-hybridized carbons (Fsp3) is 1.00. The van der Waals surface area contributed by atoms with Gasteiger partial charge in [0.25, 0.3) is 0 Å². The lowest BCUT2D eigenvalue weighted by Crippen LogP contribution is -2.54. The monoisotopic (exact) mass is 284 g/mol. The lowest BCUT2D eigenvalue weighted by molar-refractivity contribution is -0.361. The summed E-state index contributed by atoms with van der Waals surface area (Å²) in [5, 5.41) is 9.43. The molecule has 0 saturated heterocycles. The van der Waals surface area contributed by atoms with Crippen LogP contribution in [0.5, 0.6) is 0 Å². The first-order valence-corrected chi connectivity index (χ1v) is 5.31. The van der Waals surface area contributed by atoms with E-state index in [-0.39, 0.29) is 12.8 Å². The Balaban J connectivity index is 4.95. The Hall–Kier alpha value is -0.530. The maximum absolute atomic E-state index is 13.0. The number of rotatable bonds is 6. The third kappa shape index (κ3) is 4.00. The second kappa shape index (κ2) is 5.22. The molecule has 1 nitrogen and oxygen atoms in total. The number of alkyl halides is 7. The van der Waals surface area contributed by atoms with Gasteiger partial charge in [-0.05, 0) is 13.3 Å². The zero-order chi connectivity index (χ0) is 14.8. The minimum Gasteiger partial charge on any atom is -0.390 e. The largest absolute Gasteiger partial charge is 0.459 e. The maximum Gasteiger partial charge on any atom is 0.459 e. The molecule has 0 aromatic carbocycles. The topological polar surface area (TPSA) is 20.2 Å². The molecule has 1 unspecified atom stereocenters. The van der Waals surface area contributed by atoms with Crippen LogP contribution in [0.4, 0.5) is 30.7 Å². The van der Waals surface area contributed by atoms with Crippen molar-refractivity contribution in [1.29, 1.82) is 0 Å². The molecule has 0 aliphatic heterocycles. The van der Waals surface area contributed by atoms with Gasteiger partial charge in [-0.3, -0.25) is 0 Å². The molecular weight excluding hydrogens is 269 g/mol. The highest BCUT2D eigenvalue weighted by Crippen LogP contribution is 2.49. The first kappa shape index (κ1) is 17.5. The summed E-state index contributed by atoms with van der Waals surface area (Å²) in [6.07, 6.45) is -7.81. The quantitative estimate of drug-likeness (QED) is 0.726. The molecule has 1 N–H and O–H groups in total. The molecular formula is C10H15F7O. The first-order chi connectivity index (χ1) is 7.77. The Morgan fingerprint density at radius 3 is 1.72 bits per heavy atom. The smallest absolute Gasteiger partial charge is 0.390 e. The molecule has 0 amide bonds. The fourth-order valence-electron chi connectivity index (χ4n) is 1.44. The van der Waals surface area contributed by atoms with Crippen molar-refractivity contribution in [3.05, 3.63) is 0 Å². The van der Waals surface area contributed by atoms with E-state index in [0.29, 0.717) is 6.42 Å². The molecule has 8 heteroatoms. The van der Waals surface area contributed by atoms with Crippen molar-refractivity contribution in [1.82, 2.24) is 0 Å². The third-order valence-corrected chi connectivity index (χ3v) is 2.49. The molecule has 18 heavy (non-hydrogen) atoms. The molecule has 0 aliphatic rings. The van der Waals surface area contributed by atoms with Crippen molar-refractivity contribution >= 4 is 0 Å². The minimum atomic E-state index is -6.35. The van der Waals surface area contributed by atoms with Gasteiger partial charge in [0.15, 0.2) is 0 Å². The highest BCUT2D eigenvalue weighted by Gasteiger charge is 2.73. The zero-order valence-electron chi connectivity index (χ0n) is 9.92. The molecule has 110 valence electrons. The normalized spacial score (nSPS) is 17.7. The second-order valence-electron chi connectivity index (χ2n) is 4.55. The highest BCUT2D eigenvalue weighted by molar-refractivity contribution is 4.95. The van der Waals surface area contributed by atoms with E-state index >= 15 is 0 Å². The van der Waals surface area contributed by atoms with Gasteiger partial charge in [0.05, 0.1) is 5.60 Å². The van der Waals surface area contributed by atoms with Gasteiger partial charge in [0, 0.05) is 6.42 Å².